The van der Waals surface area contributed by atoms with Gasteiger partial charge in [0.15, 0.2) is 0 Å². The second-order valence-corrected chi connectivity index (χ2v) is 12.8. The van der Waals surface area contributed by atoms with Crippen LogP contribution in [0.3, 0.4) is 0 Å². The van der Waals surface area contributed by atoms with Crippen molar-refractivity contribution >= 4 is 0 Å². The van der Waals surface area contributed by atoms with Gasteiger partial charge in [-0.1, -0.05) is 175 Å². The molecule has 0 saturated heterocycles. The first kappa shape index (κ1) is 36.9. The normalized spacial score (nSPS) is 12.9. The monoisotopic (exact) mass is 523 g/mol. The van der Waals surface area contributed by atoms with Crippen molar-refractivity contribution in [2.75, 3.05) is 6.54 Å². The third-order valence-electron chi connectivity index (χ3n) is 8.30. The Morgan fingerprint density at radius 1 is 0.432 bits per heavy atom. The van der Waals surface area contributed by atoms with E-state index < -0.39 is 0 Å². The first-order chi connectivity index (χ1) is 18.1. The first-order valence-corrected chi connectivity index (χ1v) is 17.6. The fraction of sp³-hybridized carbons (Fsp3) is 1.00. The second-order valence-electron chi connectivity index (χ2n) is 12.8. The first-order valence-electron chi connectivity index (χ1n) is 17.6. The summed E-state index contributed by atoms with van der Waals surface area (Å²) in [5.74, 6) is 0. The van der Waals surface area contributed by atoms with Crippen LogP contribution in [0.4, 0.5) is 0 Å². The van der Waals surface area contributed by atoms with E-state index in [1.807, 2.05) is 0 Å². The molecule has 0 radical (unpaired) electrons. The Kier molecular flexibility index (Phi) is 28.9. The van der Waals surface area contributed by atoms with E-state index in [1.54, 1.807) is 0 Å². The van der Waals surface area contributed by atoms with Crippen LogP contribution in [0.2, 0.25) is 0 Å². The quantitative estimate of drug-likeness (QED) is 0.0698. The largest absolute Gasteiger partial charge is 0.302 e. The molecule has 0 amide bonds. The van der Waals surface area contributed by atoms with Crippen molar-refractivity contribution in [3.8, 4) is 0 Å². The highest BCUT2D eigenvalue weighted by atomic mass is 15.1. The number of hydrogen-bond donors (Lipinski definition) is 2. The van der Waals surface area contributed by atoms with E-state index in [9.17, 15) is 0 Å². The van der Waals surface area contributed by atoms with Gasteiger partial charge in [0.1, 0.15) is 0 Å². The van der Waals surface area contributed by atoms with E-state index in [1.165, 1.54) is 173 Å². The van der Waals surface area contributed by atoms with Crippen molar-refractivity contribution in [3.63, 3.8) is 0 Å². The minimum atomic E-state index is 0.239. The molecule has 0 fully saturated rings. The Labute approximate surface area is 236 Å². The van der Waals surface area contributed by atoms with Crippen molar-refractivity contribution in [1.29, 1.82) is 0 Å². The molecule has 0 rings (SSSR count). The molecule has 0 aliphatic heterocycles. The minimum absolute atomic E-state index is 0.239. The summed E-state index contributed by atoms with van der Waals surface area (Å²) in [5.41, 5.74) is 0.239. The SMILES string of the molecule is CCCCCCCCCCCCCCCCNC(CC)NC(C)(C)CCCCCCCCCCCCC. The number of nitrogens with one attached hydrogen (secondary N) is 2. The van der Waals surface area contributed by atoms with Crippen molar-refractivity contribution in [2.45, 2.75) is 220 Å². The molecule has 0 aromatic rings. The predicted octanol–water partition coefficient (Wildman–Crippen LogP) is 11.9. The standard InChI is InChI=1S/C35H74N2/c1-6-9-11-13-15-17-19-20-21-23-25-27-29-31-33-36-34(8-3)37-35(4,5)32-30-28-26-24-22-18-16-14-12-10-7-2/h34,36-37H,6-33H2,1-5H3. The highest BCUT2D eigenvalue weighted by molar-refractivity contribution is 4.81. The van der Waals surface area contributed by atoms with Crippen LogP contribution in [0.1, 0.15) is 208 Å². The van der Waals surface area contributed by atoms with Crippen LogP contribution in [-0.4, -0.2) is 18.2 Å². The zero-order valence-corrected chi connectivity index (χ0v) is 26.9. The second kappa shape index (κ2) is 28.9. The summed E-state index contributed by atoms with van der Waals surface area (Å²) in [6, 6.07) is 0. The summed E-state index contributed by atoms with van der Waals surface area (Å²) in [6.45, 7) is 12.9. The van der Waals surface area contributed by atoms with Gasteiger partial charge in [0.2, 0.25) is 0 Å². The lowest BCUT2D eigenvalue weighted by Crippen LogP contribution is -2.52. The lowest BCUT2D eigenvalue weighted by molar-refractivity contribution is 0.269. The van der Waals surface area contributed by atoms with Gasteiger partial charge in [-0.15, -0.1) is 0 Å². The number of hydrogen-bond acceptors (Lipinski definition) is 2. The Balaban J connectivity index is 3.54. The van der Waals surface area contributed by atoms with Crippen molar-refractivity contribution < 1.29 is 0 Å². The summed E-state index contributed by atoms with van der Waals surface area (Å²) in [5, 5.41) is 7.72. The van der Waals surface area contributed by atoms with Crippen LogP contribution >= 0.6 is 0 Å². The molecule has 0 spiro atoms. The summed E-state index contributed by atoms with van der Waals surface area (Å²) >= 11 is 0. The van der Waals surface area contributed by atoms with Gasteiger partial charge in [0.05, 0.1) is 6.17 Å². The Hall–Kier alpha value is -0.0800. The molecule has 0 heterocycles. The lowest BCUT2D eigenvalue weighted by atomic mass is 9.95. The van der Waals surface area contributed by atoms with Gasteiger partial charge in [-0.3, -0.25) is 5.32 Å². The fourth-order valence-corrected chi connectivity index (χ4v) is 5.67. The van der Waals surface area contributed by atoms with Crippen molar-refractivity contribution in [1.82, 2.24) is 10.6 Å². The molecule has 37 heavy (non-hydrogen) atoms. The smallest absolute Gasteiger partial charge is 0.0573 e. The maximum Gasteiger partial charge on any atom is 0.0573 e. The average molecular weight is 523 g/mol. The van der Waals surface area contributed by atoms with Crippen molar-refractivity contribution in [3.05, 3.63) is 0 Å². The lowest BCUT2D eigenvalue weighted by Gasteiger charge is -2.32. The predicted molar refractivity (Wildman–Crippen MR) is 171 cm³/mol. The Morgan fingerprint density at radius 3 is 1.11 bits per heavy atom. The van der Waals surface area contributed by atoms with E-state index in [0.717, 1.165) is 6.54 Å². The molecular weight excluding hydrogens is 448 g/mol. The average Bonchev–Trinajstić information content (AvgIpc) is 2.88. The summed E-state index contributed by atoms with van der Waals surface area (Å²) in [7, 11) is 0. The van der Waals surface area contributed by atoms with Crippen LogP contribution in [0.15, 0.2) is 0 Å². The number of rotatable bonds is 31. The molecule has 0 bridgehead atoms. The summed E-state index contributed by atoms with van der Waals surface area (Å²) < 4.78 is 0. The van der Waals surface area contributed by atoms with Gasteiger partial charge in [-0.25, -0.2) is 0 Å². The van der Waals surface area contributed by atoms with E-state index in [2.05, 4.69) is 45.3 Å². The van der Waals surface area contributed by atoms with Gasteiger partial charge in [0.25, 0.3) is 0 Å². The molecule has 0 aromatic heterocycles. The number of unbranched alkanes of at least 4 members (excludes halogenated alkanes) is 23. The Morgan fingerprint density at radius 2 is 0.757 bits per heavy atom. The molecule has 0 saturated carbocycles. The van der Waals surface area contributed by atoms with Gasteiger partial charge in [-0.2, -0.15) is 0 Å². The highest BCUT2D eigenvalue weighted by Gasteiger charge is 2.20. The third-order valence-corrected chi connectivity index (χ3v) is 8.30. The van der Waals surface area contributed by atoms with Gasteiger partial charge >= 0.3 is 0 Å². The maximum absolute atomic E-state index is 3.92. The van der Waals surface area contributed by atoms with Gasteiger partial charge < -0.3 is 5.32 Å². The molecule has 0 aromatic carbocycles. The molecule has 1 atom stereocenters. The summed E-state index contributed by atoms with van der Waals surface area (Å²) in [4.78, 5) is 0. The van der Waals surface area contributed by atoms with E-state index in [0.29, 0.717) is 6.17 Å². The van der Waals surface area contributed by atoms with E-state index in [-0.39, 0.29) is 5.54 Å². The zero-order chi connectivity index (χ0) is 27.3. The van der Waals surface area contributed by atoms with Gasteiger partial charge in [-0.05, 0) is 39.7 Å². The Bertz CT molecular complexity index is 419. The molecule has 2 N–H and O–H groups in total. The van der Waals surface area contributed by atoms with Crippen LogP contribution in [0.5, 0.6) is 0 Å². The van der Waals surface area contributed by atoms with E-state index >= 15 is 0 Å². The fourth-order valence-electron chi connectivity index (χ4n) is 5.67. The molecule has 0 aliphatic carbocycles. The maximum atomic E-state index is 3.92. The molecule has 2 nitrogen and oxygen atoms in total. The van der Waals surface area contributed by atoms with Crippen LogP contribution in [-0.2, 0) is 0 Å². The van der Waals surface area contributed by atoms with Crippen LogP contribution < -0.4 is 10.6 Å². The minimum Gasteiger partial charge on any atom is -0.302 e. The van der Waals surface area contributed by atoms with Crippen molar-refractivity contribution in [2.24, 2.45) is 0 Å². The molecule has 1 unspecified atom stereocenters. The third kappa shape index (κ3) is 28.7. The van der Waals surface area contributed by atoms with E-state index in [4.69, 9.17) is 0 Å². The van der Waals surface area contributed by atoms with Gasteiger partial charge in [0, 0.05) is 5.54 Å². The summed E-state index contributed by atoms with van der Waals surface area (Å²) in [6.07, 6.45) is 38.7. The molecule has 224 valence electrons. The molecule has 2 heteroatoms. The van der Waals surface area contributed by atoms with Crippen LogP contribution in [0, 0.1) is 0 Å². The molecular formula is C35H74N2. The zero-order valence-electron chi connectivity index (χ0n) is 26.9. The molecule has 0 aliphatic rings. The topological polar surface area (TPSA) is 24.1 Å². The van der Waals surface area contributed by atoms with Crippen LogP contribution in [0.25, 0.3) is 0 Å². The highest BCUT2D eigenvalue weighted by Crippen LogP contribution is 2.18.